The molecule has 2 heterocycles. The minimum atomic E-state index is 0.876. The summed E-state index contributed by atoms with van der Waals surface area (Å²) in [6.07, 6.45) is 0. The number of hydrogen-bond donors (Lipinski definition) is 0. The fourth-order valence-corrected chi connectivity index (χ4v) is 8.44. The van der Waals surface area contributed by atoms with E-state index < -0.39 is 0 Å². The summed E-state index contributed by atoms with van der Waals surface area (Å²) in [6.45, 7) is 0. The molecule has 0 aliphatic rings. The average Bonchev–Trinajstić information content (AvgIpc) is 3.73. The molecule has 8 aromatic carbocycles. The number of nitrogens with zero attached hydrogens (tertiary/aromatic N) is 1. The number of anilines is 3. The largest absolute Gasteiger partial charge is 0.454 e. The third kappa shape index (κ3) is 4.62. The van der Waals surface area contributed by atoms with E-state index in [0.717, 1.165) is 39.0 Å². The molecule has 0 aliphatic heterocycles. The highest BCUT2D eigenvalue weighted by Crippen LogP contribution is 2.44. The van der Waals surface area contributed by atoms with E-state index in [4.69, 9.17) is 4.42 Å². The van der Waals surface area contributed by atoms with Crippen molar-refractivity contribution >= 4 is 81.3 Å². The molecule has 2 aromatic heterocycles. The highest BCUT2D eigenvalue weighted by Gasteiger charge is 2.20. The number of thiophene rings is 1. The van der Waals surface area contributed by atoms with E-state index in [1.165, 1.54) is 53.2 Å². The first-order chi connectivity index (χ1) is 24.3. The lowest BCUT2D eigenvalue weighted by Crippen LogP contribution is -2.10. The Morgan fingerprint density at radius 3 is 1.88 bits per heavy atom. The van der Waals surface area contributed by atoms with Crippen LogP contribution in [0.25, 0.3) is 75.1 Å². The molecule has 230 valence electrons. The molecule has 2 nitrogen and oxygen atoms in total. The lowest BCUT2D eigenvalue weighted by Gasteiger charge is -2.26. The van der Waals surface area contributed by atoms with Crippen molar-refractivity contribution in [1.29, 1.82) is 0 Å². The number of furan rings is 1. The molecule has 10 rings (SSSR count). The van der Waals surface area contributed by atoms with Crippen LogP contribution in [0, 0.1) is 0 Å². The Hall–Kier alpha value is -6.16. The smallest absolute Gasteiger partial charge is 0.159 e. The van der Waals surface area contributed by atoms with E-state index in [-0.39, 0.29) is 0 Å². The fraction of sp³-hybridized carbons (Fsp3) is 0. The summed E-state index contributed by atoms with van der Waals surface area (Å²) in [5, 5.41) is 7.42. The molecule has 10 aromatic rings. The Morgan fingerprint density at radius 2 is 1.06 bits per heavy atom. The zero-order valence-electron chi connectivity index (χ0n) is 26.5. The molecule has 0 N–H and O–H groups in total. The quantitative estimate of drug-likeness (QED) is 0.186. The molecule has 0 radical (unpaired) electrons. The van der Waals surface area contributed by atoms with Gasteiger partial charge in [-0.2, -0.15) is 0 Å². The predicted octanol–water partition coefficient (Wildman–Crippen LogP) is 13.9. The van der Waals surface area contributed by atoms with Gasteiger partial charge in [-0.15, -0.1) is 11.3 Å². The van der Waals surface area contributed by atoms with Crippen LogP contribution in [0.2, 0.25) is 0 Å². The molecule has 49 heavy (non-hydrogen) atoms. The highest BCUT2D eigenvalue weighted by atomic mass is 32.1. The van der Waals surface area contributed by atoms with Gasteiger partial charge >= 0.3 is 0 Å². The van der Waals surface area contributed by atoms with Crippen molar-refractivity contribution in [2.24, 2.45) is 0 Å². The summed E-state index contributed by atoms with van der Waals surface area (Å²) in [5.74, 6) is 0. The first-order valence-electron chi connectivity index (χ1n) is 16.6. The summed E-state index contributed by atoms with van der Waals surface area (Å²) in [6, 6.07) is 63.1. The Balaban J connectivity index is 1.11. The standard InChI is InChI=1S/C46H29NOS/c1-2-10-30(11-3-1)31-20-24-34(25-21-31)47(42-17-9-16-39-37-13-4-6-18-43(37)48-46(39)42)35-26-22-32(23-27-35)36-15-8-12-33-28-41-38-14-5-7-19-44(38)49-45(41)29-40(33)36/h1-29H. The van der Waals surface area contributed by atoms with Crippen LogP contribution in [0.3, 0.4) is 0 Å². The van der Waals surface area contributed by atoms with Gasteiger partial charge in [-0.1, -0.05) is 121 Å². The topological polar surface area (TPSA) is 16.4 Å². The first kappa shape index (κ1) is 27.9. The van der Waals surface area contributed by atoms with Gasteiger partial charge in [0.2, 0.25) is 0 Å². The van der Waals surface area contributed by atoms with Crippen LogP contribution in [-0.2, 0) is 0 Å². The molecule has 0 aliphatic carbocycles. The lowest BCUT2D eigenvalue weighted by molar-refractivity contribution is 0.669. The Bertz CT molecular complexity index is 2810. The number of fused-ring (bicyclic) bond motifs is 7. The molecule has 3 heteroatoms. The number of para-hydroxylation sites is 2. The number of rotatable bonds is 5. The van der Waals surface area contributed by atoms with Crippen molar-refractivity contribution in [3.8, 4) is 22.3 Å². The molecule has 0 amide bonds. The van der Waals surface area contributed by atoms with E-state index in [9.17, 15) is 0 Å². The molecular formula is C46H29NOS. The second kappa shape index (κ2) is 11.2. The fourth-order valence-electron chi connectivity index (χ4n) is 7.31. The van der Waals surface area contributed by atoms with E-state index in [1.54, 1.807) is 0 Å². The van der Waals surface area contributed by atoms with Gasteiger partial charge in [0.1, 0.15) is 5.58 Å². The summed E-state index contributed by atoms with van der Waals surface area (Å²) >= 11 is 1.87. The van der Waals surface area contributed by atoms with Crippen molar-refractivity contribution in [1.82, 2.24) is 0 Å². The maximum Gasteiger partial charge on any atom is 0.159 e. The zero-order valence-corrected chi connectivity index (χ0v) is 27.3. The molecule has 0 saturated heterocycles. The maximum absolute atomic E-state index is 6.56. The molecule has 0 saturated carbocycles. The molecule has 0 bridgehead atoms. The Labute approximate surface area is 287 Å². The van der Waals surface area contributed by atoms with Crippen LogP contribution in [0.1, 0.15) is 0 Å². The van der Waals surface area contributed by atoms with Crippen molar-refractivity contribution < 1.29 is 4.42 Å². The third-order valence-electron chi connectivity index (χ3n) is 9.67. The molecule has 0 unspecified atom stereocenters. The predicted molar refractivity (Wildman–Crippen MR) is 210 cm³/mol. The maximum atomic E-state index is 6.56. The number of benzene rings is 8. The van der Waals surface area contributed by atoms with Gasteiger partial charge in [0.05, 0.1) is 5.69 Å². The van der Waals surface area contributed by atoms with Crippen LogP contribution in [0.4, 0.5) is 17.1 Å². The van der Waals surface area contributed by atoms with Gasteiger partial charge in [-0.05, 0) is 87.6 Å². The van der Waals surface area contributed by atoms with Gasteiger partial charge in [0.15, 0.2) is 5.58 Å². The molecule has 0 spiro atoms. The van der Waals surface area contributed by atoms with Crippen LogP contribution < -0.4 is 4.90 Å². The summed E-state index contributed by atoms with van der Waals surface area (Å²) < 4.78 is 9.21. The number of hydrogen-bond acceptors (Lipinski definition) is 3. The first-order valence-corrected chi connectivity index (χ1v) is 17.4. The van der Waals surface area contributed by atoms with Gasteiger partial charge in [0.25, 0.3) is 0 Å². The second-order valence-electron chi connectivity index (χ2n) is 12.5. The van der Waals surface area contributed by atoms with Gasteiger partial charge in [0, 0.05) is 42.3 Å². The second-order valence-corrected chi connectivity index (χ2v) is 13.6. The summed E-state index contributed by atoms with van der Waals surface area (Å²) in [4.78, 5) is 2.31. The van der Waals surface area contributed by atoms with Crippen LogP contribution in [0.15, 0.2) is 180 Å². The van der Waals surface area contributed by atoms with Gasteiger partial charge in [-0.25, -0.2) is 0 Å². The SMILES string of the molecule is c1ccc(-c2ccc(N(c3ccc(-c4cccc5cc6c(cc45)sc4ccccc46)cc3)c3cccc4c3oc3ccccc34)cc2)cc1. The van der Waals surface area contributed by atoms with Crippen LogP contribution in [0.5, 0.6) is 0 Å². The van der Waals surface area contributed by atoms with Crippen LogP contribution in [-0.4, -0.2) is 0 Å². The summed E-state index contributed by atoms with van der Waals surface area (Å²) in [5.41, 5.74) is 9.72. The van der Waals surface area contributed by atoms with E-state index >= 15 is 0 Å². The zero-order chi connectivity index (χ0) is 32.3. The highest BCUT2D eigenvalue weighted by molar-refractivity contribution is 7.25. The third-order valence-corrected chi connectivity index (χ3v) is 10.8. The van der Waals surface area contributed by atoms with E-state index in [2.05, 4.69) is 169 Å². The average molecular weight is 644 g/mol. The molecular weight excluding hydrogens is 615 g/mol. The van der Waals surface area contributed by atoms with Crippen LogP contribution >= 0.6 is 11.3 Å². The Morgan fingerprint density at radius 1 is 0.408 bits per heavy atom. The Kier molecular flexibility index (Phi) is 6.39. The van der Waals surface area contributed by atoms with Gasteiger partial charge < -0.3 is 9.32 Å². The minimum absolute atomic E-state index is 0.876. The van der Waals surface area contributed by atoms with Crippen molar-refractivity contribution in [2.75, 3.05) is 4.90 Å². The van der Waals surface area contributed by atoms with Crippen molar-refractivity contribution in [2.45, 2.75) is 0 Å². The lowest BCUT2D eigenvalue weighted by atomic mass is 9.96. The monoisotopic (exact) mass is 643 g/mol. The summed E-state index contributed by atoms with van der Waals surface area (Å²) in [7, 11) is 0. The van der Waals surface area contributed by atoms with Crippen molar-refractivity contribution in [3.05, 3.63) is 176 Å². The van der Waals surface area contributed by atoms with Crippen molar-refractivity contribution in [3.63, 3.8) is 0 Å². The molecule has 0 atom stereocenters. The normalized spacial score (nSPS) is 11.7. The van der Waals surface area contributed by atoms with E-state index in [0.29, 0.717) is 0 Å². The minimum Gasteiger partial charge on any atom is -0.454 e. The van der Waals surface area contributed by atoms with Gasteiger partial charge in [-0.3, -0.25) is 0 Å². The van der Waals surface area contributed by atoms with E-state index in [1.807, 2.05) is 23.5 Å². The molecule has 0 fully saturated rings.